The topological polar surface area (TPSA) is 71.4 Å². The molecular weight excluding hydrogens is 638 g/mol. The number of ether oxygens (including phenoxy) is 2. The number of benzene rings is 3. The van der Waals surface area contributed by atoms with E-state index < -0.39 is 29.1 Å². The van der Waals surface area contributed by atoms with Gasteiger partial charge in [-0.05, 0) is 105 Å². The molecule has 1 aliphatic rings. The summed E-state index contributed by atoms with van der Waals surface area (Å²) in [6.07, 6.45) is -9.77. The minimum absolute atomic E-state index is 0.0351. The molecular formula is C36H40F6N2O4. The molecule has 1 unspecified atom stereocenters. The molecule has 1 aliphatic heterocycles. The molecule has 48 heavy (non-hydrogen) atoms. The van der Waals surface area contributed by atoms with Crippen molar-refractivity contribution >= 4 is 12.1 Å². The highest BCUT2D eigenvalue weighted by atomic mass is 19.4. The Morgan fingerprint density at radius 2 is 1.56 bits per heavy atom. The van der Waals surface area contributed by atoms with Gasteiger partial charge in [0, 0.05) is 17.7 Å². The number of ketones is 1. The van der Waals surface area contributed by atoms with E-state index in [9.17, 15) is 36.2 Å². The van der Waals surface area contributed by atoms with Crippen molar-refractivity contribution < 1.29 is 45.7 Å². The highest BCUT2D eigenvalue weighted by molar-refractivity contribution is 6.00. The summed E-state index contributed by atoms with van der Waals surface area (Å²) < 4.78 is 93.9. The third kappa shape index (κ3) is 7.48. The highest BCUT2D eigenvalue weighted by Gasteiger charge is 2.71. The molecule has 0 bridgehead atoms. The quantitative estimate of drug-likeness (QED) is 0.153. The van der Waals surface area contributed by atoms with E-state index in [1.807, 2.05) is 49.9 Å². The van der Waals surface area contributed by atoms with Gasteiger partial charge >= 0.3 is 12.4 Å². The summed E-state index contributed by atoms with van der Waals surface area (Å²) in [5, 5.41) is 10.1. The molecule has 6 nitrogen and oxygen atoms in total. The number of aliphatic hydroxyl groups is 1. The Morgan fingerprint density at radius 3 is 2.10 bits per heavy atom. The van der Waals surface area contributed by atoms with Crippen LogP contribution in [-0.2, 0) is 24.0 Å². The Morgan fingerprint density at radius 1 is 0.958 bits per heavy atom. The summed E-state index contributed by atoms with van der Waals surface area (Å²) >= 11 is 0. The molecule has 3 aromatic carbocycles. The van der Waals surface area contributed by atoms with Gasteiger partial charge < -0.3 is 19.5 Å². The number of Topliss-reactive ketones (excluding diaryl/α,β-unsaturated/α-hetero) is 1. The average molecular weight is 679 g/mol. The van der Waals surface area contributed by atoms with Crippen LogP contribution in [0.25, 0.3) is 0 Å². The first-order valence-electron chi connectivity index (χ1n) is 15.7. The second-order valence-corrected chi connectivity index (χ2v) is 12.5. The fraction of sp³-hybridized carbons (Fsp3) is 0.444. The largest absolute Gasteiger partial charge is 0.491 e. The van der Waals surface area contributed by atoms with Gasteiger partial charge in [-0.2, -0.15) is 26.3 Å². The molecule has 12 heteroatoms. The van der Waals surface area contributed by atoms with Gasteiger partial charge in [0.25, 0.3) is 5.60 Å². The number of hydrogen-bond acceptors (Lipinski definition) is 6. The van der Waals surface area contributed by atoms with Crippen molar-refractivity contribution in [1.82, 2.24) is 4.90 Å². The van der Waals surface area contributed by atoms with Gasteiger partial charge in [0.15, 0.2) is 5.78 Å². The van der Waals surface area contributed by atoms with Crippen LogP contribution in [0, 0.1) is 6.92 Å². The molecule has 1 atom stereocenters. The first kappa shape index (κ1) is 36.8. The molecule has 0 saturated heterocycles. The van der Waals surface area contributed by atoms with Crippen molar-refractivity contribution in [3.8, 4) is 17.2 Å². The van der Waals surface area contributed by atoms with E-state index >= 15 is 0 Å². The average Bonchev–Trinajstić information content (AvgIpc) is 3.37. The molecule has 0 aliphatic carbocycles. The van der Waals surface area contributed by atoms with Crippen LogP contribution in [0.5, 0.6) is 17.2 Å². The fourth-order valence-electron chi connectivity index (χ4n) is 5.81. The van der Waals surface area contributed by atoms with Gasteiger partial charge in [0.05, 0.1) is 19.0 Å². The Hall–Kier alpha value is -4.06. The van der Waals surface area contributed by atoms with E-state index in [0.29, 0.717) is 36.2 Å². The Balaban J connectivity index is 1.53. The minimum atomic E-state index is -6.00. The number of halogens is 6. The maximum Gasteiger partial charge on any atom is 0.430 e. The van der Waals surface area contributed by atoms with E-state index in [4.69, 9.17) is 9.47 Å². The van der Waals surface area contributed by atoms with Crippen molar-refractivity contribution in [3.63, 3.8) is 0 Å². The third-order valence-electron chi connectivity index (χ3n) is 8.31. The summed E-state index contributed by atoms with van der Waals surface area (Å²) in [6.45, 7) is 11.4. The van der Waals surface area contributed by atoms with Gasteiger partial charge in [-0.3, -0.25) is 9.79 Å². The molecule has 0 spiro atoms. The molecule has 1 heterocycles. The number of nitrogens with zero attached hydrogens (tertiary/aromatic N) is 2. The molecule has 0 saturated carbocycles. The van der Waals surface area contributed by atoms with Gasteiger partial charge in [-0.15, -0.1) is 0 Å². The smallest absolute Gasteiger partial charge is 0.430 e. The SMILES string of the molecule is CCCc1cc(C(O)(C(F)(F)F)C(F)(F)F)cc(CC)c1Oc1ccc(C(=O)CN2C=NC(C)(c3ccc(OC(C)C)cc3)C2)c(C)c1. The van der Waals surface area contributed by atoms with E-state index in [1.54, 1.807) is 39.2 Å². The number of aryl methyl sites for hydroxylation is 3. The molecule has 0 amide bonds. The van der Waals surface area contributed by atoms with Crippen molar-refractivity contribution in [1.29, 1.82) is 0 Å². The molecule has 1 N–H and O–H groups in total. The number of aliphatic imine (C=N–C) groups is 1. The van der Waals surface area contributed by atoms with Gasteiger partial charge in [0.2, 0.25) is 0 Å². The van der Waals surface area contributed by atoms with Crippen molar-refractivity contribution in [2.45, 2.75) is 90.4 Å². The normalized spacial score (nSPS) is 16.9. The van der Waals surface area contributed by atoms with Crippen LogP contribution in [-0.4, -0.2) is 53.7 Å². The lowest BCUT2D eigenvalue weighted by Gasteiger charge is -2.33. The lowest BCUT2D eigenvalue weighted by molar-refractivity contribution is -0.376. The maximum atomic E-state index is 13.7. The number of rotatable bonds is 12. The Kier molecular flexibility index (Phi) is 10.6. The first-order valence-corrected chi connectivity index (χ1v) is 15.7. The Bertz CT molecular complexity index is 1640. The minimum Gasteiger partial charge on any atom is -0.491 e. The molecule has 4 rings (SSSR count). The molecule has 3 aromatic rings. The maximum absolute atomic E-state index is 13.7. The van der Waals surface area contributed by atoms with Crippen LogP contribution in [0.4, 0.5) is 26.3 Å². The molecule has 260 valence electrons. The summed E-state index contributed by atoms with van der Waals surface area (Å²) in [5.74, 6) is 0.962. The van der Waals surface area contributed by atoms with Crippen molar-refractivity contribution in [3.05, 3.63) is 88.0 Å². The number of carbonyl (C=O) groups excluding carboxylic acids is 1. The van der Waals surface area contributed by atoms with Crippen molar-refractivity contribution in [2.24, 2.45) is 4.99 Å². The predicted octanol–water partition coefficient (Wildman–Crippen LogP) is 8.84. The van der Waals surface area contributed by atoms with Crippen LogP contribution in [0.15, 0.2) is 59.6 Å². The van der Waals surface area contributed by atoms with Crippen LogP contribution in [0.1, 0.15) is 79.2 Å². The predicted molar refractivity (Wildman–Crippen MR) is 171 cm³/mol. The summed E-state index contributed by atoms with van der Waals surface area (Å²) in [7, 11) is 0. The zero-order valence-corrected chi connectivity index (χ0v) is 27.7. The Labute approximate surface area is 276 Å². The standard InChI is InChI=1S/C36H40F6N2O4/c1-7-9-25-18-27(34(46,35(37,38)39)36(40,41)42)17-24(8-2)32(25)48-29-14-15-30(23(5)16-29)31(45)19-44-20-33(6,43-21-44)26-10-12-28(13-11-26)47-22(3)4/h10-18,21-22,46H,7-9,19-20H2,1-6H3. The van der Waals surface area contributed by atoms with E-state index in [1.165, 1.54) is 6.07 Å². The summed E-state index contributed by atoms with van der Waals surface area (Å²) in [6, 6.07) is 13.8. The third-order valence-corrected chi connectivity index (χ3v) is 8.31. The fourth-order valence-corrected chi connectivity index (χ4v) is 5.81. The van der Waals surface area contributed by atoms with Crippen LogP contribution < -0.4 is 9.47 Å². The highest BCUT2D eigenvalue weighted by Crippen LogP contribution is 2.51. The lowest BCUT2D eigenvalue weighted by atomic mass is 9.87. The van der Waals surface area contributed by atoms with Gasteiger partial charge in [0.1, 0.15) is 22.8 Å². The van der Waals surface area contributed by atoms with Gasteiger partial charge in [-0.25, -0.2) is 0 Å². The molecule has 0 radical (unpaired) electrons. The van der Waals surface area contributed by atoms with E-state index in [2.05, 4.69) is 4.99 Å². The summed E-state index contributed by atoms with van der Waals surface area (Å²) in [5.41, 5.74) is -4.77. The van der Waals surface area contributed by atoms with E-state index in [0.717, 1.165) is 11.3 Å². The zero-order chi connectivity index (χ0) is 35.7. The second-order valence-electron chi connectivity index (χ2n) is 12.5. The second kappa shape index (κ2) is 13.8. The molecule has 0 aromatic heterocycles. The van der Waals surface area contributed by atoms with Crippen LogP contribution in [0.2, 0.25) is 0 Å². The monoisotopic (exact) mass is 678 g/mol. The zero-order valence-electron chi connectivity index (χ0n) is 27.7. The van der Waals surface area contributed by atoms with Crippen molar-refractivity contribution in [2.75, 3.05) is 13.1 Å². The van der Waals surface area contributed by atoms with Crippen LogP contribution >= 0.6 is 0 Å². The van der Waals surface area contributed by atoms with E-state index in [-0.39, 0.29) is 53.9 Å². The number of carbonyl (C=O) groups is 1. The van der Waals surface area contributed by atoms with Gasteiger partial charge in [-0.1, -0.05) is 32.4 Å². The summed E-state index contributed by atoms with van der Waals surface area (Å²) in [4.78, 5) is 19.9. The number of hydrogen-bond donors (Lipinski definition) is 1. The lowest BCUT2D eigenvalue weighted by Crippen LogP contribution is -2.54. The van der Waals surface area contributed by atoms with Crippen LogP contribution in [0.3, 0.4) is 0 Å². The number of alkyl halides is 6. The first-order chi connectivity index (χ1) is 22.3. The molecule has 0 fully saturated rings.